The van der Waals surface area contributed by atoms with Gasteiger partial charge in [0.1, 0.15) is 0 Å². The quantitative estimate of drug-likeness (QED) is 0.769. The number of anilines is 2. The molecule has 0 spiro atoms. The average Bonchev–Trinajstić information content (AvgIpc) is 2.70. The molecular formula is C15H18N6. The van der Waals surface area contributed by atoms with E-state index in [2.05, 4.69) is 20.4 Å². The van der Waals surface area contributed by atoms with E-state index >= 15 is 0 Å². The number of nitrogens with one attached hydrogen (secondary N) is 1. The predicted molar refractivity (Wildman–Crippen MR) is 84.0 cm³/mol. The van der Waals surface area contributed by atoms with Crippen molar-refractivity contribution >= 4 is 22.7 Å². The van der Waals surface area contributed by atoms with Crippen molar-refractivity contribution in [3.63, 3.8) is 0 Å². The number of fused-ring (bicyclic) bond motifs is 1. The Labute approximate surface area is 123 Å². The normalized spacial score (nSPS) is 11.0. The smallest absolute Gasteiger partial charge is 0.169 e. The summed E-state index contributed by atoms with van der Waals surface area (Å²) in [5.41, 5.74) is 10.9. The van der Waals surface area contributed by atoms with Gasteiger partial charge in [-0.3, -0.25) is 4.68 Å². The van der Waals surface area contributed by atoms with Crippen LogP contribution in [0.2, 0.25) is 0 Å². The molecule has 108 valence electrons. The van der Waals surface area contributed by atoms with Crippen LogP contribution in [0.1, 0.15) is 17.0 Å². The summed E-state index contributed by atoms with van der Waals surface area (Å²) < 4.78 is 1.88. The summed E-state index contributed by atoms with van der Waals surface area (Å²) in [5, 5.41) is 7.67. The molecule has 2 aromatic heterocycles. The van der Waals surface area contributed by atoms with E-state index in [0.29, 0.717) is 18.2 Å². The monoisotopic (exact) mass is 282 g/mol. The lowest BCUT2D eigenvalue weighted by Gasteiger charge is -2.09. The van der Waals surface area contributed by atoms with Gasteiger partial charge in [-0.1, -0.05) is 12.1 Å². The third kappa shape index (κ3) is 2.40. The summed E-state index contributed by atoms with van der Waals surface area (Å²) in [7, 11) is 1.94. The third-order valence-electron chi connectivity index (χ3n) is 3.69. The van der Waals surface area contributed by atoms with Crippen molar-refractivity contribution in [3.8, 4) is 0 Å². The van der Waals surface area contributed by atoms with Crippen molar-refractivity contribution in [1.82, 2.24) is 19.7 Å². The Morgan fingerprint density at radius 2 is 1.81 bits per heavy atom. The highest BCUT2D eigenvalue weighted by atomic mass is 15.3. The SMILES string of the molecule is Cc1nn(C)c(C)c1CNc1nc2ccccc2nc1N. The van der Waals surface area contributed by atoms with Gasteiger partial charge in [0.2, 0.25) is 0 Å². The second-order valence-corrected chi connectivity index (χ2v) is 5.07. The first-order valence-corrected chi connectivity index (χ1v) is 6.81. The van der Waals surface area contributed by atoms with Crippen molar-refractivity contribution in [1.29, 1.82) is 0 Å². The summed E-state index contributed by atoms with van der Waals surface area (Å²) in [4.78, 5) is 8.90. The molecule has 2 heterocycles. The molecule has 0 unspecified atom stereocenters. The molecule has 6 nitrogen and oxygen atoms in total. The molecule has 3 aromatic rings. The molecule has 1 aromatic carbocycles. The molecule has 0 atom stereocenters. The lowest BCUT2D eigenvalue weighted by Crippen LogP contribution is -2.08. The van der Waals surface area contributed by atoms with Gasteiger partial charge in [0.25, 0.3) is 0 Å². The first-order valence-electron chi connectivity index (χ1n) is 6.81. The van der Waals surface area contributed by atoms with Crippen LogP contribution in [-0.2, 0) is 13.6 Å². The molecule has 6 heteroatoms. The molecular weight excluding hydrogens is 264 g/mol. The van der Waals surface area contributed by atoms with Gasteiger partial charge in [-0.2, -0.15) is 5.10 Å². The minimum atomic E-state index is 0.410. The maximum atomic E-state index is 5.98. The Morgan fingerprint density at radius 1 is 1.14 bits per heavy atom. The molecule has 0 saturated carbocycles. The molecule has 0 fully saturated rings. The Morgan fingerprint density at radius 3 is 2.43 bits per heavy atom. The number of aromatic nitrogens is 4. The highest BCUT2D eigenvalue weighted by Gasteiger charge is 2.11. The maximum absolute atomic E-state index is 5.98. The minimum Gasteiger partial charge on any atom is -0.381 e. The first kappa shape index (κ1) is 13.4. The average molecular weight is 282 g/mol. The van der Waals surface area contributed by atoms with Crippen molar-refractivity contribution in [2.75, 3.05) is 11.1 Å². The van der Waals surface area contributed by atoms with Crippen molar-refractivity contribution in [2.24, 2.45) is 7.05 Å². The molecule has 0 bridgehead atoms. The lowest BCUT2D eigenvalue weighted by atomic mass is 10.2. The maximum Gasteiger partial charge on any atom is 0.169 e. The fourth-order valence-electron chi connectivity index (χ4n) is 2.39. The van der Waals surface area contributed by atoms with Gasteiger partial charge in [-0.15, -0.1) is 0 Å². The molecule has 0 saturated heterocycles. The second-order valence-electron chi connectivity index (χ2n) is 5.07. The number of nitrogens with two attached hydrogens (primary N) is 1. The van der Waals surface area contributed by atoms with Crippen LogP contribution in [0.5, 0.6) is 0 Å². The lowest BCUT2D eigenvalue weighted by molar-refractivity contribution is 0.730. The standard InChI is InChI=1S/C15H18N6/c1-9-11(10(2)21(3)20-9)8-17-15-14(16)18-12-6-4-5-7-13(12)19-15/h4-7H,8H2,1-3H3,(H2,16,18)(H,17,19). The van der Waals surface area contributed by atoms with Crippen molar-refractivity contribution in [2.45, 2.75) is 20.4 Å². The Kier molecular flexibility index (Phi) is 3.21. The Balaban J connectivity index is 1.89. The van der Waals surface area contributed by atoms with Crippen LogP contribution < -0.4 is 11.1 Å². The number of hydrogen-bond donors (Lipinski definition) is 2. The number of aryl methyl sites for hydroxylation is 2. The molecule has 0 aliphatic heterocycles. The van der Waals surface area contributed by atoms with Crippen LogP contribution in [0, 0.1) is 13.8 Å². The topological polar surface area (TPSA) is 81.7 Å². The van der Waals surface area contributed by atoms with Crippen LogP contribution in [0.3, 0.4) is 0 Å². The van der Waals surface area contributed by atoms with E-state index in [1.807, 2.05) is 49.8 Å². The Hall–Kier alpha value is -2.63. The van der Waals surface area contributed by atoms with Crippen LogP contribution >= 0.6 is 0 Å². The first-order chi connectivity index (χ1) is 10.1. The molecule has 3 rings (SSSR count). The summed E-state index contributed by atoms with van der Waals surface area (Å²) >= 11 is 0. The van der Waals surface area contributed by atoms with E-state index in [4.69, 9.17) is 5.73 Å². The van der Waals surface area contributed by atoms with Gasteiger partial charge in [-0.05, 0) is 26.0 Å². The van der Waals surface area contributed by atoms with E-state index in [0.717, 1.165) is 28.0 Å². The summed E-state index contributed by atoms with van der Waals surface area (Å²) in [6.07, 6.45) is 0. The zero-order chi connectivity index (χ0) is 15.0. The van der Waals surface area contributed by atoms with Gasteiger partial charge < -0.3 is 11.1 Å². The number of hydrogen-bond acceptors (Lipinski definition) is 5. The van der Waals surface area contributed by atoms with E-state index in [1.165, 1.54) is 0 Å². The van der Waals surface area contributed by atoms with Gasteiger partial charge in [0, 0.05) is 24.8 Å². The van der Waals surface area contributed by atoms with Crippen LogP contribution in [0.25, 0.3) is 11.0 Å². The molecule has 0 radical (unpaired) electrons. The van der Waals surface area contributed by atoms with E-state index in [-0.39, 0.29) is 0 Å². The molecule has 0 aliphatic rings. The van der Waals surface area contributed by atoms with Crippen molar-refractivity contribution < 1.29 is 0 Å². The highest BCUT2D eigenvalue weighted by Crippen LogP contribution is 2.20. The van der Waals surface area contributed by atoms with Crippen LogP contribution in [0.15, 0.2) is 24.3 Å². The van der Waals surface area contributed by atoms with Gasteiger partial charge in [-0.25, -0.2) is 9.97 Å². The van der Waals surface area contributed by atoms with Gasteiger partial charge >= 0.3 is 0 Å². The zero-order valence-corrected chi connectivity index (χ0v) is 12.4. The fourth-order valence-corrected chi connectivity index (χ4v) is 2.39. The summed E-state index contributed by atoms with van der Waals surface area (Å²) in [5.74, 6) is 1.02. The largest absolute Gasteiger partial charge is 0.381 e. The van der Waals surface area contributed by atoms with E-state index < -0.39 is 0 Å². The van der Waals surface area contributed by atoms with Crippen molar-refractivity contribution in [3.05, 3.63) is 41.2 Å². The second kappa shape index (κ2) is 5.05. The molecule has 3 N–H and O–H groups in total. The summed E-state index contributed by atoms with van der Waals surface area (Å²) in [6.45, 7) is 4.68. The fraction of sp³-hybridized carbons (Fsp3) is 0.267. The predicted octanol–water partition coefficient (Wildman–Crippen LogP) is 2.17. The number of rotatable bonds is 3. The number of nitrogens with zero attached hydrogens (tertiary/aromatic N) is 4. The van der Waals surface area contributed by atoms with Gasteiger partial charge in [0.05, 0.1) is 16.7 Å². The zero-order valence-electron chi connectivity index (χ0n) is 12.4. The number of para-hydroxylation sites is 2. The van der Waals surface area contributed by atoms with Crippen LogP contribution in [0.4, 0.5) is 11.6 Å². The minimum absolute atomic E-state index is 0.410. The molecule has 0 amide bonds. The number of benzene rings is 1. The Bertz CT molecular complexity index is 805. The van der Waals surface area contributed by atoms with Crippen LogP contribution in [-0.4, -0.2) is 19.7 Å². The summed E-state index contributed by atoms with van der Waals surface area (Å²) in [6, 6.07) is 7.68. The van der Waals surface area contributed by atoms with E-state index in [9.17, 15) is 0 Å². The highest BCUT2D eigenvalue weighted by molar-refractivity contribution is 5.79. The van der Waals surface area contributed by atoms with Gasteiger partial charge in [0.15, 0.2) is 11.6 Å². The third-order valence-corrected chi connectivity index (χ3v) is 3.69. The van der Waals surface area contributed by atoms with E-state index in [1.54, 1.807) is 0 Å². The molecule has 21 heavy (non-hydrogen) atoms. The number of nitrogen functional groups attached to an aromatic ring is 1. The molecule has 0 aliphatic carbocycles.